The van der Waals surface area contributed by atoms with E-state index in [0.717, 1.165) is 24.6 Å². The van der Waals surface area contributed by atoms with Crippen molar-refractivity contribution in [2.45, 2.75) is 65.1 Å². The summed E-state index contributed by atoms with van der Waals surface area (Å²) in [7, 11) is 0. The SMILES string of the molecule is CCC(=O)N1CCC(NC(=O)N2CCn3c(nnc3C(C)(C)C)C2)C1. The third-order valence-corrected chi connectivity index (χ3v) is 4.88. The summed E-state index contributed by atoms with van der Waals surface area (Å²) in [5.41, 5.74) is -0.0607. The molecule has 1 unspecified atom stereocenters. The molecule has 1 atom stereocenters. The fraction of sp³-hybridized carbons (Fsp3) is 0.765. The zero-order chi connectivity index (χ0) is 18.2. The largest absolute Gasteiger partial charge is 0.341 e. The van der Waals surface area contributed by atoms with Crippen molar-refractivity contribution in [1.29, 1.82) is 0 Å². The number of amides is 3. The van der Waals surface area contributed by atoms with Gasteiger partial charge in [-0.3, -0.25) is 4.79 Å². The molecule has 2 aliphatic rings. The molecule has 25 heavy (non-hydrogen) atoms. The minimum absolute atomic E-state index is 0.0351. The summed E-state index contributed by atoms with van der Waals surface area (Å²) in [6.45, 7) is 11.4. The van der Waals surface area contributed by atoms with Gasteiger partial charge in [0.15, 0.2) is 5.82 Å². The Bertz CT molecular complexity index is 663. The van der Waals surface area contributed by atoms with E-state index in [1.807, 2.05) is 11.8 Å². The predicted octanol–water partition coefficient (Wildman–Crippen LogP) is 1.11. The first-order chi connectivity index (χ1) is 11.8. The minimum atomic E-state index is -0.0812. The van der Waals surface area contributed by atoms with Crippen molar-refractivity contribution in [3.05, 3.63) is 11.6 Å². The molecule has 1 N–H and O–H groups in total. The summed E-state index contributed by atoms with van der Waals surface area (Å²) >= 11 is 0. The molecule has 8 nitrogen and oxygen atoms in total. The van der Waals surface area contributed by atoms with E-state index in [1.165, 1.54) is 0 Å². The highest BCUT2D eigenvalue weighted by Gasteiger charge is 2.31. The van der Waals surface area contributed by atoms with Gasteiger partial charge >= 0.3 is 6.03 Å². The lowest BCUT2D eigenvalue weighted by molar-refractivity contribution is -0.129. The first kappa shape index (κ1) is 17.7. The number of rotatable bonds is 2. The van der Waals surface area contributed by atoms with Crippen LogP contribution < -0.4 is 5.32 Å². The summed E-state index contributed by atoms with van der Waals surface area (Å²) in [6.07, 6.45) is 1.33. The molecule has 1 fully saturated rings. The van der Waals surface area contributed by atoms with E-state index < -0.39 is 0 Å². The zero-order valence-corrected chi connectivity index (χ0v) is 15.6. The molecule has 8 heteroatoms. The Kier molecular flexibility index (Phi) is 4.71. The molecule has 3 amide bonds. The molecule has 3 rings (SSSR count). The molecule has 1 aromatic rings. The molecule has 2 aliphatic heterocycles. The van der Waals surface area contributed by atoms with Crippen LogP contribution in [0, 0.1) is 0 Å². The third kappa shape index (κ3) is 3.62. The van der Waals surface area contributed by atoms with Crippen LogP contribution in [0.5, 0.6) is 0 Å². The Morgan fingerprint density at radius 2 is 1.92 bits per heavy atom. The number of urea groups is 1. The van der Waals surface area contributed by atoms with Crippen molar-refractivity contribution in [3.8, 4) is 0 Å². The maximum absolute atomic E-state index is 12.6. The quantitative estimate of drug-likeness (QED) is 0.868. The van der Waals surface area contributed by atoms with Gasteiger partial charge in [-0.05, 0) is 6.42 Å². The zero-order valence-electron chi connectivity index (χ0n) is 15.6. The number of carbonyl (C=O) groups is 2. The van der Waals surface area contributed by atoms with Crippen LogP contribution in [0.2, 0.25) is 0 Å². The molecule has 1 aromatic heterocycles. The summed E-state index contributed by atoms with van der Waals surface area (Å²) in [5, 5.41) is 11.6. The molecule has 0 radical (unpaired) electrons. The van der Waals surface area contributed by atoms with Crippen LogP contribution in [0.4, 0.5) is 4.79 Å². The lowest BCUT2D eigenvalue weighted by atomic mass is 9.95. The van der Waals surface area contributed by atoms with Crippen molar-refractivity contribution >= 4 is 11.9 Å². The van der Waals surface area contributed by atoms with Crippen molar-refractivity contribution in [1.82, 2.24) is 29.9 Å². The molecule has 1 saturated heterocycles. The second kappa shape index (κ2) is 6.65. The average molecular weight is 348 g/mol. The minimum Gasteiger partial charge on any atom is -0.341 e. The van der Waals surface area contributed by atoms with E-state index in [4.69, 9.17) is 0 Å². The van der Waals surface area contributed by atoms with Crippen LogP contribution in [-0.4, -0.2) is 62.2 Å². The van der Waals surface area contributed by atoms with Crippen LogP contribution in [-0.2, 0) is 23.3 Å². The lowest BCUT2D eigenvalue weighted by Gasteiger charge is -2.30. The van der Waals surface area contributed by atoms with Gasteiger partial charge in [0.25, 0.3) is 0 Å². The van der Waals surface area contributed by atoms with Crippen LogP contribution in [0.3, 0.4) is 0 Å². The number of nitrogens with zero attached hydrogens (tertiary/aromatic N) is 5. The summed E-state index contributed by atoms with van der Waals surface area (Å²) in [6, 6.07) is -0.0460. The topological polar surface area (TPSA) is 83.4 Å². The Labute approximate surface area is 148 Å². The van der Waals surface area contributed by atoms with E-state index in [1.54, 1.807) is 4.90 Å². The summed E-state index contributed by atoms with van der Waals surface area (Å²) < 4.78 is 2.13. The highest BCUT2D eigenvalue weighted by Crippen LogP contribution is 2.23. The molecule has 0 aromatic carbocycles. The second-order valence-corrected chi connectivity index (χ2v) is 7.89. The Hall–Kier alpha value is -2.12. The monoisotopic (exact) mass is 348 g/mol. The second-order valence-electron chi connectivity index (χ2n) is 7.89. The van der Waals surface area contributed by atoms with Gasteiger partial charge < -0.3 is 19.7 Å². The average Bonchev–Trinajstić information content (AvgIpc) is 3.19. The molecule has 3 heterocycles. The maximum atomic E-state index is 12.6. The number of fused-ring (bicyclic) bond motifs is 1. The van der Waals surface area contributed by atoms with E-state index in [-0.39, 0.29) is 23.4 Å². The van der Waals surface area contributed by atoms with Gasteiger partial charge in [0.2, 0.25) is 5.91 Å². The molecule has 138 valence electrons. The Morgan fingerprint density at radius 3 is 2.60 bits per heavy atom. The number of hydrogen-bond acceptors (Lipinski definition) is 4. The first-order valence-corrected chi connectivity index (χ1v) is 9.05. The van der Waals surface area contributed by atoms with E-state index in [0.29, 0.717) is 32.6 Å². The van der Waals surface area contributed by atoms with Crippen LogP contribution in [0.1, 0.15) is 52.2 Å². The number of aromatic nitrogens is 3. The summed E-state index contributed by atoms with van der Waals surface area (Å²) in [5.74, 6) is 1.95. The molecular weight excluding hydrogens is 320 g/mol. The van der Waals surface area contributed by atoms with Gasteiger partial charge in [-0.1, -0.05) is 27.7 Å². The number of likely N-dealkylation sites (tertiary alicyclic amines) is 1. The van der Waals surface area contributed by atoms with E-state index in [2.05, 4.69) is 40.9 Å². The van der Waals surface area contributed by atoms with E-state index in [9.17, 15) is 9.59 Å². The van der Waals surface area contributed by atoms with Crippen molar-refractivity contribution in [2.75, 3.05) is 19.6 Å². The maximum Gasteiger partial charge on any atom is 0.318 e. The molecule has 0 saturated carbocycles. The van der Waals surface area contributed by atoms with Crippen LogP contribution in [0.15, 0.2) is 0 Å². The van der Waals surface area contributed by atoms with Crippen molar-refractivity contribution in [2.24, 2.45) is 0 Å². The highest BCUT2D eigenvalue weighted by molar-refractivity contribution is 5.77. The van der Waals surface area contributed by atoms with Crippen LogP contribution in [0.25, 0.3) is 0 Å². The first-order valence-electron chi connectivity index (χ1n) is 9.05. The number of hydrogen-bond donors (Lipinski definition) is 1. The molecule has 0 bridgehead atoms. The van der Waals surface area contributed by atoms with Gasteiger partial charge in [-0.15, -0.1) is 10.2 Å². The number of nitrogens with one attached hydrogen (secondary N) is 1. The molecule has 0 spiro atoms. The fourth-order valence-electron chi connectivity index (χ4n) is 3.48. The highest BCUT2D eigenvalue weighted by atomic mass is 16.2. The number of carbonyl (C=O) groups excluding carboxylic acids is 2. The standard InChI is InChI=1S/C17H28N6O2/c1-5-14(24)21-7-6-12(10-21)18-16(25)22-8-9-23-13(11-22)19-20-15(23)17(2,3)4/h12H,5-11H2,1-4H3,(H,18,25). The van der Waals surface area contributed by atoms with Gasteiger partial charge in [0.05, 0.1) is 6.54 Å². The van der Waals surface area contributed by atoms with E-state index >= 15 is 0 Å². The van der Waals surface area contributed by atoms with Crippen LogP contribution >= 0.6 is 0 Å². The molecule has 0 aliphatic carbocycles. The lowest BCUT2D eigenvalue weighted by Crippen LogP contribution is -2.48. The van der Waals surface area contributed by atoms with Gasteiger partial charge in [0.1, 0.15) is 5.82 Å². The van der Waals surface area contributed by atoms with Gasteiger partial charge in [0, 0.05) is 44.1 Å². The predicted molar refractivity (Wildman–Crippen MR) is 92.9 cm³/mol. The third-order valence-electron chi connectivity index (χ3n) is 4.88. The smallest absolute Gasteiger partial charge is 0.318 e. The Balaban J connectivity index is 1.58. The normalized spacial score (nSPS) is 20.6. The Morgan fingerprint density at radius 1 is 1.16 bits per heavy atom. The molecular formula is C17H28N6O2. The fourth-order valence-corrected chi connectivity index (χ4v) is 3.48. The van der Waals surface area contributed by atoms with Crippen molar-refractivity contribution < 1.29 is 9.59 Å². The van der Waals surface area contributed by atoms with Gasteiger partial charge in [-0.2, -0.15) is 0 Å². The summed E-state index contributed by atoms with van der Waals surface area (Å²) in [4.78, 5) is 27.9. The van der Waals surface area contributed by atoms with Gasteiger partial charge in [-0.25, -0.2) is 4.79 Å². The van der Waals surface area contributed by atoms with Crippen molar-refractivity contribution in [3.63, 3.8) is 0 Å².